The lowest BCUT2D eigenvalue weighted by Crippen LogP contribution is -2.35. The summed E-state index contributed by atoms with van der Waals surface area (Å²) in [5, 5.41) is 0. The molecule has 1 aliphatic rings. The number of ether oxygens (including phenoxy) is 3. The number of hydrogen-bond donors (Lipinski definition) is 0. The second kappa shape index (κ2) is 10.9. The summed E-state index contributed by atoms with van der Waals surface area (Å²) in [6, 6.07) is 16.4. The topological polar surface area (TPSA) is 87.9 Å². The zero-order valence-corrected chi connectivity index (χ0v) is 22.3. The lowest BCUT2D eigenvalue weighted by Gasteiger charge is -2.36. The number of sulfone groups is 1. The van der Waals surface area contributed by atoms with Gasteiger partial charge in [-0.15, -0.1) is 0 Å². The Hall–Kier alpha value is -3.60. The first-order valence-electron chi connectivity index (χ1n) is 12.3. The third-order valence-electron chi connectivity index (χ3n) is 6.78. The number of methoxy groups -OCH3 is 1. The summed E-state index contributed by atoms with van der Waals surface area (Å²) in [5.74, 6) is -0.00863. The van der Waals surface area contributed by atoms with E-state index in [4.69, 9.17) is 18.6 Å². The van der Waals surface area contributed by atoms with Crippen LogP contribution in [0.3, 0.4) is 0 Å². The molecule has 0 amide bonds. The monoisotopic (exact) mass is 555 g/mol. The molecule has 39 heavy (non-hydrogen) atoms. The Morgan fingerprint density at radius 3 is 2.23 bits per heavy atom. The standard InChI is InChI=1S/C29H27F2NO6S/c1-35-29(11-13-36-14-12-29)21-15-23(31)17-24(16-21)37-18-26-32-27(19-3-7-22(30)8-4-19)28(38-26)20-5-9-25(10-6-20)39(2,33)34/h3-10,15-17H,11-14,18H2,1-2H3. The molecule has 5 rings (SSSR count). The number of nitrogens with zero attached hydrogens (tertiary/aromatic N) is 1. The average Bonchev–Trinajstić information content (AvgIpc) is 3.36. The molecule has 1 fully saturated rings. The number of oxazole rings is 1. The van der Waals surface area contributed by atoms with E-state index in [2.05, 4.69) is 4.98 Å². The Morgan fingerprint density at radius 2 is 1.59 bits per heavy atom. The van der Waals surface area contributed by atoms with Gasteiger partial charge in [-0.25, -0.2) is 22.2 Å². The van der Waals surface area contributed by atoms with Gasteiger partial charge in [0.25, 0.3) is 0 Å². The van der Waals surface area contributed by atoms with Crippen molar-refractivity contribution >= 4 is 9.84 Å². The molecule has 0 unspecified atom stereocenters. The molecule has 1 saturated heterocycles. The van der Waals surface area contributed by atoms with Gasteiger partial charge in [0.15, 0.2) is 22.2 Å². The molecule has 0 atom stereocenters. The average molecular weight is 556 g/mol. The molecule has 0 bridgehead atoms. The number of hydrogen-bond acceptors (Lipinski definition) is 7. The number of benzene rings is 3. The van der Waals surface area contributed by atoms with Crippen molar-refractivity contribution in [3.05, 3.63) is 89.8 Å². The minimum Gasteiger partial charge on any atom is -0.484 e. The van der Waals surface area contributed by atoms with E-state index in [9.17, 15) is 17.2 Å². The molecule has 0 aliphatic carbocycles. The Morgan fingerprint density at radius 1 is 0.923 bits per heavy atom. The fourth-order valence-corrected chi connectivity index (χ4v) is 5.28. The molecular weight excluding hydrogens is 528 g/mol. The third-order valence-corrected chi connectivity index (χ3v) is 7.91. The first-order valence-corrected chi connectivity index (χ1v) is 14.2. The van der Waals surface area contributed by atoms with E-state index in [1.807, 2.05) is 0 Å². The van der Waals surface area contributed by atoms with Gasteiger partial charge in [0.05, 0.1) is 10.5 Å². The highest BCUT2D eigenvalue weighted by Gasteiger charge is 2.35. The second-order valence-electron chi connectivity index (χ2n) is 9.36. The molecule has 204 valence electrons. The molecular formula is C29H27F2NO6S. The number of aromatic nitrogens is 1. The largest absolute Gasteiger partial charge is 0.484 e. The van der Waals surface area contributed by atoms with Crippen LogP contribution in [-0.2, 0) is 31.5 Å². The molecule has 4 aromatic rings. The van der Waals surface area contributed by atoms with E-state index < -0.39 is 27.1 Å². The molecule has 0 radical (unpaired) electrons. The number of halogens is 2. The molecule has 2 heterocycles. The zero-order valence-electron chi connectivity index (χ0n) is 21.4. The fourth-order valence-electron chi connectivity index (χ4n) is 4.64. The maximum Gasteiger partial charge on any atom is 0.233 e. The molecule has 1 aliphatic heterocycles. The van der Waals surface area contributed by atoms with Crippen LogP contribution in [0, 0.1) is 11.6 Å². The van der Waals surface area contributed by atoms with Gasteiger partial charge in [0.2, 0.25) is 5.89 Å². The third kappa shape index (κ3) is 5.88. The van der Waals surface area contributed by atoms with Gasteiger partial charge in [0, 0.05) is 56.6 Å². The molecule has 3 aromatic carbocycles. The van der Waals surface area contributed by atoms with Gasteiger partial charge < -0.3 is 18.6 Å². The van der Waals surface area contributed by atoms with Crippen molar-refractivity contribution in [2.45, 2.75) is 29.9 Å². The van der Waals surface area contributed by atoms with Crippen LogP contribution >= 0.6 is 0 Å². The van der Waals surface area contributed by atoms with E-state index in [0.29, 0.717) is 54.2 Å². The molecule has 1 aromatic heterocycles. The van der Waals surface area contributed by atoms with Gasteiger partial charge in [-0.05, 0) is 66.2 Å². The summed E-state index contributed by atoms with van der Waals surface area (Å²) >= 11 is 0. The van der Waals surface area contributed by atoms with Crippen LogP contribution in [0.5, 0.6) is 5.75 Å². The van der Waals surface area contributed by atoms with Crippen LogP contribution in [0.4, 0.5) is 8.78 Å². The quantitative estimate of drug-likeness (QED) is 0.267. The highest BCUT2D eigenvalue weighted by molar-refractivity contribution is 7.90. The van der Waals surface area contributed by atoms with Crippen LogP contribution in [0.15, 0.2) is 76.0 Å². The SMILES string of the molecule is COC1(c2cc(F)cc(OCc3nc(-c4ccc(F)cc4)c(-c4ccc(S(C)(=O)=O)cc4)o3)c2)CCOCC1. The van der Waals surface area contributed by atoms with Crippen molar-refractivity contribution in [3.8, 4) is 28.3 Å². The maximum atomic E-state index is 14.6. The first-order chi connectivity index (χ1) is 18.7. The van der Waals surface area contributed by atoms with Crippen molar-refractivity contribution in [2.75, 3.05) is 26.6 Å². The molecule has 0 spiro atoms. The van der Waals surface area contributed by atoms with Gasteiger partial charge >= 0.3 is 0 Å². The highest BCUT2D eigenvalue weighted by Crippen LogP contribution is 2.38. The van der Waals surface area contributed by atoms with E-state index in [0.717, 1.165) is 6.26 Å². The molecule has 0 N–H and O–H groups in total. The van der Waals surface area contributed by atoms with Crippen LogP contribution in [-0.4, -0.2) is 40.0 Å². The maximum absolute atomic E-state index is 14.6. The molecule has 10 heteroatoms. The zero-order chi connectivity index (χ0) is 27.6. The highest BCUT2D eigenvalue weighted by atomic mass is 32.2. The van der Waals surface area contributed by atoms with Crippen molar-refractivity contribution in [1.29, 1.82) is 0 Å². The first kappa shape index (κ1) is 27.0. The lowest BCUT2D eigenvalue weighted by atomic mass is 9.86. The fraction of sp³-hybridized carbons (Fsp3) is 0.276. The number of rotatable bonds is 8. The summed E-state index contributed by atoms with van der Waals surface area (Å²) in [7, 11) is -1.78. The van der Waals surface area contributed by atoms with Crippen LogP contribution < -0.4 is 4.74 Å². The van der Waals surface area contributed by atoms with Gasteiger partial charge in [0.1, 0.15) is 23.1 Å². The Bertz CT molecular complexity index is 1560. The minimum atomic E-state index is -3.38. The Balaban J connectivity index is 1.46. The van der Waals surface area contributed by atoms with Crippen molar-refractivity contribution in [3.63, 3.8) is 0 Å². The summed E-state index contributed by atoms with van der Waals surface area (Å²) in [6.45, 7) is 0.912. The summed E-state index contributed by atoms with van der Waals surface area (Å²) in [4.78, 5) is 4.73. The second-order valence-corrected chi connectivity index (χ2v) is 11.4. The van der Waals surface area contributed by atoms with E-state index in [1.165, 1.54) is 36.4 Å². The van der Waals surface area contributed by atoms with Gasteiger partial charge in [-0.3, -0.25) is 0 Å². The van der Waals surface area contributed by atoms with Crippen LogP contribution in [0.2, 0.25) is 0 Å². The predicted octanol–water partition coefficient (Wildman–Crippen LogP) is 5.92. The van der Waals surface area contributed by atoms with E-state index >= 15 is 0 Å². The van der Waals surface area contributed by atoms with Crippen LogP contribution in [0.25, 0.3) is 22.6 Å². The summed E-state index contributed by atoms with van der Waals surface area (Å²) < 4.78 is 75.1. The smallest absolute Gasteiger partial charge is 0.233 e. The van der Waals surface area contributed by atoms with Crippen LogP contribution in [0.1, 0.15) is 24.3 Å². The van der Waals surface area contributed by atoms with Crippen molar-refractivity contribution < 1.29 is 35.8 Å². The summed E-state index contributed by atoms with van der Waals surface area (Å²) in [5.41, 5.74) is 1.61. The van der Waals surface area contributed by atoms with Crippen molar-refractivity contribution in [1.82, 2.24) is 4.98 Å². The normalized spacial score (nSPS) is 15.3. The Kier molecular flexibility index (Phi) is 7.53. The van der Waals surface area contributed by atoms with Gasteiger partial charge in [-0.1, -0.05) is 0 Å². The van der Waals surface area contributed by atoms with Crippen molar-refractivity contribution in [2.24, 2.45) is 0 Å². The summed E-state index contributed by atoms with van der Waals surface area (Å²) in [6.07, 6.45) is 2.31. The lowest BCUT2D eigenvalue weighted by molar-refractivity contribution is -0.0950. The molecule has 0 saturated carbocycles. The minimum absolute atomic E-state index is 0.110. The predicted molar refractivity (Wildman–Crippen MR) is 140 cm³/mol. The van der Waals surface area contributed by atoms with Gasteiger partial charge in [-0.2, -0.15) is 0 Å². The molecule has 7 nitrogen and oxygen atoms in total. The van der Waals surface area contributed by atoms with E-state index in [-0.39, 0.29) is 23.1 Å². The Labute approximate surface area is 225 Å². The van der Waals surface area contributed by atoms with E-state index in [1.54, 1.807) is 37.4 Å².